The number of hydrogen-bond acceptors (Lipinski definition) is 9. The number of nitrogens with two attached hydrogens (primary N) is 2. The minimum atomic E-state index is -1.63. The van der Waals surface area contributed by atoms with Crippen LogP contribution in [0.4, 0.5) is 0 Å². The van der Waals surface area contributed by atoms with Crippen LogP contribution in [0.25, 0.3) is 0 Å². The highest BCUT2D eigenvalue weighted by Crippen LogP contribution is 2.12. The van der Waals surface area contributed by atoms with Crippen LogP contribution >= 0.6 is 12.6 Å². The Kier molecular flexibility index (Phi) is 11.1. The van der Waals surface area contributed by atoms with Crippen LogP contribution in [0, 0.1) is 0 Å². The Morgan fingerprint density at radius 1 is 0.909 bits per heavy atom. The van der Waals surface area contributed by atoms with E-state index in [1.165, 1.54) is 24.3 Å². The summed E-state index contributed by atoms with van der Waals surface area (Å²) in [4.78, 5) is 60.1. The van der Waals surface area contributed by atoms with E-state index in [0.29, 0.717) is 5.56 Å². The Balaban J connectivity index is 3.12. The van der Waals surface area contributed by atoms with E-state index in [-0.39, 0.29) is 17.9 Å². The first-order valence-electron chi connectivity index (χ1n) is 9.65. The fourth-order valence-corrected chi connectivity index (χ4v) is 2.75. The number of amides is 4. The number of carbonyl (C=O) groups excluding carboxylic acids is 4. The summed E-state index contributed by atoms with van der Waals surface area (Å²) in [5.41, 5.74) is 11.2. The van der Waals surface area contributed by atoms with Crippen LogP contribution in [0.5, 0.6) is 5.75 Å². The van der Waals surface area contributed by atoms with Crippen LogP contribution in [-0.4, -0.2) is 81.4 Å². The third-order valence-electron chi connectivity index (χ3n) is 4.38. The van der Waals surface area contributed by atoms with Crippen LogP contribution < -0.4 is 27.4 Å². The average molecular weight is 486 g/mol. The van der Waals surface area contributed by atoms with Gasteiger partial charge in [0.05, 0.1) is 19.1 Å². The summed E-state index contributed by atoms with van der Waals surface area (Å²) in [7, 11) is 0. The van der Waals surface area contributed by atoms with E-state index in [1.807, 2.05) is 0 Å². The number of primary amides is 1. The second-order valence-corrected chi connectivity index (χ2v) is 7.40. The predicted molar refractivity (Wildman–Crippen MR) is 118 cm³/mol. The molecule has 33 heavy (non-hydrogen) atoms. The molecule has 1 aromatic carbocycles. The number of aromatic hydroxyl groups is 1. The molecule has 0 spiro atoms. The van der Waals surface area contributed by atoms with Gasteiger partial charge in [0, 0.05) is 12.2 Å². The van der Waals surface area contributed by atoms with Gasteiger partial charge in [0.2, 0.25) is 23.6 Å². The minimum Gasteiger partial charge on any atom is -0.508 e. The van der Waals surface area contributed by atoms with Crippen molar-refractivity contribution in [3.05, 3.63) is 29.8 Å². The molecular weight excluding hydrogens is 458 g/mol. The summed E-state index contributed by atoms with van der Waals surface area (Å²) in [6.45, 7) is -0.900. The molecule has 0 radical (unpaired) electrons. The molecule has 14 heteroatoms. The van der Waals surface area contributed by atoms with Gasteiger partial charge in [0.1, 0.15) is 23.9 Å². The molecule has 1 rings (SSSR count). The first-order chi connectivity index (χ1) is 15.5. The van der Waals surface area contributed by atoms with Gasteiger partial charge < -0.3 is 42.7 Å². The summed E-state index contributed by atoms with van der Waals surface area (Å²) in [5.74, 6) is -5.18. The Hall–Kier alpha value is -3.36. The molecule has 4 atom stereocenters. The molecule has 0 aromatic heterocycles. The molecule has 0 aliphatic carbocycles. The quantitative estimate of drug-likeness (QED) is 0.126. The molecule has 0 heterocycles. The van der Waals surface area contributed by atoms with Crippen molar-refractivity contribution in [2.45, 2.75) is 37.0 Å². The maximum Gasteiger partial charge on any atom is 0.328 e. The minimum absolute atomic E-state index is 0.0413. The predicted octanol–water partition coefficient (Wildman–Crippen LogP) is -3.40. The van der Waals surface area contributed by atoms with E-state index in [1.54, 1.807) is 0 Å². The normalized spacial score (nSPS) is 14.3. The van der Waals surface area contributed by atoms with E-state index in [4.69, 9.17) is 21.7 Å². The van der Waals surface area contributed by atoms with Crippen molar-refractivity contribution in [3.8, 4) is 5.75 Å². The van der Waals surface area contributed by atoms with Crippen molar-refractivity contribution in [1.29, 1.82) is 0 Å². The van der Waals surface area contributed by atoms with Crippen LogP contribution in [0.3, 0.4) is 0 Å². The van der Waals surface area contributed by atoms with E-state index >= 15 is 0 Å². The molecule has 0 fully saturated rings. The summed E-state index contributed by atoms with van der Waals surface area (Å²) in [5, 5.41) is 34.3. The standard InChI is InChI=1S/C19H27N5O8S/c20-11(8-33)16(28)22-13(6-15(21)27)18(30)23-12(5-9-1-3-10(26)4-2-9)17(29)24-14(7-25)19(31)32/h1-4,11-14,25-26,33H,5-8,20H2,(H2,21,27)(H,22,28)(H,23,30)(H,24,29)(H,31,32). The number of hydrogen-bond donors (Lipinski definition) is 9. The highest BCUT2D eigenvalue weighted by Gasteiger charge is 2.31. The van der Waals surface area contributed by atoms with Gasteiger partial charge in [-0.3, -0.25) is 19.2 Å². The van der Waals surface area contributed by atoms with Gasteiger partial charge in [0.15, 0.2) is 0 Å². The van der Waals surface area contributed by atoms with Gasteiger partial charge in [-0.15, -0.1) is 0 Å². The van der Waals surface area contributed by atoms with Crippen LogP contribution in [0.2, 0.25) is 0 Å². The maximum absolute atomic E-state index is 12.8. The molecule has 1 aromatic rings. The van der Waals surface area contributed by atoms with Crippen LogP contribution in [-0.2, 0) is 30.4 Å². The fourth-order valence-electron chi connectivity index (χ4n) is 2.58. The Bertz CT molecular complexity index is 866. The lowest BCUT2D eigenvalue weighted by Crippen LogP contribution is -2.58. The van der Waals surface area contributed by atoms with Gasteiger partial charge in [-0.1, -0.05) is 12.1 Å². The highest BCUT2D eigenvalue weighted by atomic mass is 32.1. The lowest BCUT2D eigenvalue weighted by Gasteiger charge is -2.24. The van der Waals surface area contributed by atoms with Crippen LogP contribution in [0.1, 0.15) is 12.0 Å². The zero-order valence-corrected chi connectivity index (χ0v) is 18.3. The number of nitrogens with one attached hydrogen (secondary N) is 3. The number of phenolic OH excluding ortho intramolecular Hbond substituents is 1. The Morgan fingerprint density at radius 3 is 1.91 bits per heavy atom. The van der Waals surface area contributed by atoms with Crippen molar-refractivity contribution in [2.24, 2.45) is 11.5 Å². The van der Waals surface area contributed by atoms with Gasteiger partial charge in [0.25, 0.3) is 0 Å². The average Bonchev–Trinajstić information content (AvgIpc) is 2.76. The lowest BCUT2D eigenvalue weighted by atomic mass is 10.0. The fraction of sp³-hybridized carbons (Fsp3) is 0.421. The monoisotopic (exact) mass is 485 g/mol. The smallest absolute Gasteiger partial charge is 0.328 e. The van der Waals surface area contributed by atoms with E-state index in [0.717, 1.165) is 0 Å². The number of carboxylic acids is 1. The van der Waals surface area contributed by atoms with Crippen LogP contribution in [0.15, 0.2) is 24.3 Å². The van der Waals surface area contributed by atoms with E-state index < -0.39 is 66.8 Å². The number of aliphatic carboxylic acids is 1. The van der Waals surface area contributed by atoms with Gasteiger partial charge in [-0.25, -0.2) is 4.79 Å². The first-order valence-corrected chi connectivity index (χ1v) is 10.3. The number of aliphatic hydroxyl groups excluding tert-OH is 1. The number of thiol groups is 1. The molecular formula is C19H27N5O8S. The van der Waals surface area contributed by atoms with Crippen molar-refractivity contribution in [3.63, 3.8) is 0 Å². The summed E-state index contributed by atoms with van der Waals surface area (Å²) >= 11 is 3.88. The SMILES string of the molecule is NC(=O)CC(NC(=O)C(N)CS)C(=O)NC(Cc1ccc(O)cc1)C(=O)NC(CO)C(=O)O. The number of carbonyl (C=O) groups is 5. The Morgan fingerprint density at radius 2 is 1.42 bits per heavy atom. The molecule has 0 aliphatic heterocycles. The largest absolute Gasteiger partial charge is 0.508 e. The third-order valence-corrected chi connectivity index (χ3v) is 4.77. The molecule has 13 nitrogen and oxygen atoms in total. The highest BCUT2D eigenvalue weighted by molar-refractivity contribution is 7.80. The number of rotatable bonds is 13. The zero-order chi connectivity index (χ0) is 25.1. The number of phenols is 1. The maximum atomic E-state index is 12.8. The third kappa shape index (κ3) is 9.34. The number of carboxylic acid groups (broad SMARTS) is 1. The van der Waals surface area contributed by atoms with Gasteiger partial charge in [-0.2, -0.15) is 12.6 Å². The molecule has 4 unspecified atom stereocenters. The topological polar surface area (TPSA) is 234 Å². The van der Waals surface area contributed by atoms with Crippen molar-refractivity contribution < 1.29 is 39.3 Å². The van der Waals surface area contributed by atoms with E-state index in [9.17, 15) is 29.1 Å². The lowest BCUT2D eigenvalue weighted by molar-refractivity contribution is -0.143. The molecule has 0 aliphatic rings. The zero-order valence-electron chi connectivity index (χ0n) is 17.4. The summed E-state index contributed by atoms with van der Waals surface area (Å²) in [6.07, 6.45) is -0.748. The second kappa shape index (κ2) is 13.2. The van der Waals surface area contributed by atoms with Crippen molar-refractivity contribution >= 4 is 42.2 Å². The van der Waals surface area contributed by atoms with Gasteiger partial charge in [-0.05, 0) is 17.7 Å². The number of aliphatic hydroxyl groups is 1. The van der Waals surface area contributed by atoms with Gasteiger partial charge >= 0.3 is 5.97 Å². The first kappa shape index (κ1) is 27.7. The van der Waals surface area contributed by atoms with Crippen molar-refractivity contribution in [1.82, 2.24) is 16.0 Å². The summed E-state index contributed by atoms with van der Waals surface area (Å²) in [6, 6.07) is 0.0717. The molecule has 0 bridgehead atoms. The molecule has 4 amide bonds. The summed E-state index contributed by atoms with van der Waals surface area (Å²) < 4.78 is 0. The molecule has 10 N–H and O–H groups in total. The second-order valence-electron chi connectivity index (χ2n) is 7.03. The van der Waals surface area contributed by atoms with Crippen molar-refractivity contribution in [2.75, 3.05) is 12.4 Å². The molecule has 0 saturated carbocycles. The molecule has 182 valence electrons. The number of benzene rings is 1. The molecule has 0 saturated heterocycles. The Labute approximate surface area is 194 Å². The van der Waals surface area contributed by atoms with E-state index in [2.05, 4.69) is 28.6 Å².